The van der Waals surface area contributed by atoms with E-state index in [4.69, 9.17) is 99.4 Å². The second-order valence-corrected chi connectivity index (χ2v) is 15.6. The van der Waals surface area contributed by atoms with Crippen molar-refractivity contribution in [2.24, 2.45) is 0 Å². The molecule has 0 saturated heterocycles. The molecule has 0 fully saturated rings. The zero-order valence-corrected chi connectivity index (χ0v) is 39.1. The first-order valence-electron chi connectivity index (χ1n) is 17.2. The number of hydrogen-bond donors (Lipinski definition) is 4. The van der Waals surface area contributed by atoms with Gasteiger partial charge in [0.1, 0.15) is 0 Å². The Labute approximate surface area is 376 Å². The summed E-state index contributed by atoms with van der Waals surface area (Å²) in [4.78, 5) is 0. The molecule has 0 aliphatic carbocycles. The Morgan fingerprint density at radius 1 is 0.377 bits per heavy atom. The van der Waals surface area contributed by atoms with Crippen LogP contribution >= 0.6 is 48.9 Å². The van der Waals surface area contributed by atoms with E-state index in [1.54, 1.807) is 0 Å². The predicted octanol–water partition coefficient (Wildman–Crippen LogP) is 11.5. The molecule has 4 N–H and O–H groups in total. The van der Waals surface area contributed by atoms with Crippen LogP contribution < -0.4 is 21.3 Å². The van der Waals surface area contributed by atoms with Gasteiger partial charge in [0.25, 0.3) is 0 Å². The molecular weight excluding hydrogens is 889 g/mol. The van der Waals surface area contributed by atoms with Gasteiger partial charge in [0, 0.05) is 22.7 Å². The van der Waals surface area contributed by atoms with Gasteiger partial charge < -0.3 is 121 Å². The summed E-state index contributed by atoms with van der Waals surface area (Å²) >= 11 is 38.6. The second-order valence-electron chi connectivity index (χ2n) is 11.3. The fraction of sp³-hybridized carbons (Fsp3) is 0.300. The summed E-state index contributed by atoms with van der Waals surface area (Å²) in [5.74, 6) is 0. The van der Waals surface area contributed by atoms with E-state index in [-0.39, 0.29) is 21.1 Å². The van der Waals surface area contributed by atoms with E-state index in [0.29, 0.717) is 17.3 Å². The van der Waals surface area contributed by atoms with Gasteiger partial charge in [0.05, 0.1) is 0 Å². The molecule has 13 heteroatoms. The molecule has 0 saturated carbocycles. The molecule has 0 aliphatic rings. The molecule has 4 aromatic carbocycles. The van der Waals surface area contributed by atoms with E-state index in [1.807, 2.05) is 72.8 Å². The Kier molecular flexibility index (Phi) is 30.1. The summed E-state index contributed by atoms with van der Waals surface area (Å²) in [6.07, 6.45) is 8.74. The third-order valence-corrected chi connectivity index (χ3v) is 7.91. The SMILES string of the molecule is CCCc1ccccc1NC(=S)[S-].CCCc1ccccc1NC(=S)[S-].CCCc1ccccc1NC(=S)[S-].CCCc1ccccc1NC(=S)[S-].[Mo+4]. The van der Waals surface area contributed by atoms with Crippen LogP contribution in [0.2, 0.25) is 0 Å². The van der Waals surface area contributed by atoms with Crippen LogP contribution in [0.5, 0.6) is 0 Å². The number of thiocarbonyl (C=S) groups is 4. The average molecular weight is 937 g/mol. The minimum absolute atomic E-state index is 0. The van der Waals surface area contributed by atoms with Crippen molar-refractivity contribution in [2.45, 2.75) is 79.1 Å². The van der Waals surface area contributed by atoms with Gasteiger partial charge in [0.15, 0.2) is 0 Å². The minimum Gasteiger partial charge on any atom is -0.411 e. The quantitative estimate of drug-likeness (QED) is 0.0622. The van der Waals surface area contributed by atoms with Gasteiger partial charge in [-0.25, -0.2) is 0 Å². The van der Waals surface area contributed by atoms with Crippen molar-refractivity contribution in [3.05, 3.63) is 119 Å². The van der Waals surface area contributed by atoms with Crippen LogP contribution in [0, 0.1) is 0 Å². The summed E-state index contributed by atoms with van der Waals surface area (Å²) < 4.78 is 1.62. The van der Waals surface area contributed by atoms with E-state index in [1.165, 1.54) is 22.3 Å². The van der Waals surface area contributed by atoms with Gasteiger partial charge in [0.2, 0.25) is 0 Å². The summed E-state index contributed by atoms with van der Waals surface area (Å²) in [7, 11) is 0. The van der Waals surface area contributed by atoms with Crippen molar-refractivity contribution < 1.29 is 21.1 Å². The predicted molar refractivity (Wildman–Crippen MR) is 256 cm³/mol. The molecule has 0 bridgehead atoms. The number of para-hydroxylation sites is 4. The molecule has 0 unspecified atom stereocenters. The molecule has 0 aromatic heterocycles. The Balaban J connectivity index is 0.000000676. The fourth-order valence-corrected chi connectivity index (χ4v) is 5.84. The molecular formula is C40H48MoN4S8. The molecule has 4 nitrogen and oxygen atoms in total. The van der Waals surface area contributed by atoms with Crippen molar-refractivity contribution in [3.8, 4) is 0 Å². The fourth-order valence-electron chi connectivity index (χ4n) is 4.96. The monoisotopic (exact) mass is 938 g/mol. The number of anilines is 4. The van der Waals surface area contributed by atoms with Crippen molar-refractivity contribution in [2.75, 3.05) is 21.3 Å². The Bertz CT molecular complexity index is 1440. The minimum atomic E-state index is 0. The van der Waals surface area contributed by atoms with E-state index in [2.05, 4.69) is 73.2 Å². The second kappa shape index (κ2) is 31.2. The van der Waals surface area contributed by atoms with Crippen LogP contribution in [0.1, 0.15) is 75.6 Å². The number of hydrogen-bond acceptors (Lipinski definition) is 8. The van der Waals surface area contributed by atoms with E-state index < -0.39 is 0 Å². The van der Waals surface area contributed by atoms with Crippen molar-refractivity contribution in [1.29, 1.82) is 0 Å². The van der Waals surface area contributed by atoms with E-state index in [9.17, 15) is 0 Å². The van der Waals surface area contributed by atoms with Crippen LogP contribution in [-0.2, 0) is 97.3 Å². The van der Waals surface area contributed by atoms with Crippen LogP contribution in [0.15, 0.2) is 97.1 Å². The van der Waals surface area contributed by atoms with Crippen LogP contribution in [-0.4, -0.2) is 17.3 Å². The van der Waals surface area contributed by atoms with Gasteiger partial charge >= 0.3 is 21.1 Å². The maximum Gasteiger partial charge on any atom is 4.00 e. The standard InChI is InChI=1S/4C10H13NS2.Mo/c4*1-2-5-8-6-3-4-7-9(8)11-10(12)13;/h4*3-4,6-7H,2,5H2,1H3,(H2,11,12,13);/q;;;;+4/p-4. The molecule has 0 aliphatic heterocycles. The number of benzene rings is 4. The first-order valence-corrected chi connectivity index (χ1v) is 20.5. The van der Waals surface area contributed by atoms with E-state index in [0.717, 1.165) is 74.1 Å². The number of rotatable bonds is 12. The first-order chi connectivity index (χ1) is 24.9. The van der Waals surface area contributed by atoms with Gasteiger partial charge in [-0.1, -0.05) is 143 Å². The van der Waals surface area contributed by atoms with Crippen molar-refractivity contribution >= 4 is 139 Å². The molecule has 282 valence electrons. The average Bonchev–Trinajstić information content (AvgIpc) is 3.09. The normalized spacial score (nSPS) is 9.43. The number of aryl methyl sites for hydroxylation is 4. The Morgan fingerprint density at radius 3 is 0.698 bits per heavy atom. The molecule has 4 rings (SSSR count). The zero-order chi connectivity index (χ0) is 38.7. The van der Waals surface area contributed by atoms with E-state index >= 15 is 0 Å². The van der Waals surface area contributed by atoms with Gasteiger partial charge in [-0.3, -0.25) is 0 Å². The zero-order valence-electron chi connectivity index (χ0n) is 30.6. The van der Waals surface area contributed by atoms with Gasteiger partial charge in [-0.05, 0) is 72.2 Å². The first kappa shape index (κ1) is 51.0. The van der Waals surface area contributed by atoms with Crippen LogP contribution in [0.25, 0.3) is 0 Å². The molecule has 0 spiro atoms. The topological polar surface area (TPSA) is 48.1 Å². The molecule has 0 radical (unpaired) electrons. The third kappa shape index (κ3) is 23.5. The summed E-state index contributed by atoms with van der Waals surface area (Å²) in [5.41, 5.74) is 9.28. The van der Waals surface area contributed by atoms with Crippen LogP contribution in [0.3, 0.4) is 0 Å². The van der Waals surface area contributed by atoms with Crippen LogP contribution in [0.4, 0.5) is 22.7 Å². The summed E-state index contributed by atoms with van der Waals surface area (Å²) in [6.45, 7) is 8.62. The summed E-state index contributed by atoms with van der Waals surface area (Å²) in [6, 6.07) is 32.4. The van der Waals surface area contributed by atoms with Crippen molar-refractivity contribution in [1.82, 2.24) is 0 Å². The molecule has 0 atom stereocenters. The smallest absolute Gasteiger partial charge is 0.411 e. The van der Waals surface area contributed by atoms with Crippen molar-refractivity contribution in [3.63, 3.8) is 0 Å². The van der Waals surface area contributed by atoms with Gasteiger partial charge in [-0.2, -0.15) is 0 Å². The third-order valence-electron chi connectivity index (χ3n) is 7.09. The van der Waals surface area contributed by atoms with Gasteiger partial charge in [-0.15, -0.1) is 0 Å². The largest absolute Gasteiger partial charge is 4.00 e. The Hall–Kier alpha value is -1.99. The number of nitrogens with one attached hydrogen (secondary N) is 4. The Morgan fingerprint density at radius 2 is 0.547 bits per heavy atom. The molecule has 0 amide bonds. The molecule has 0 heterocycles. The maximum atomic E-state index is 4.83. The molecule has 4 aromatic rings. The summed E-state index contributed by atoms with van der Waals surface area (Å²) in [5, 5.41) is 12.0. The molecule has 53 heavy (non-hydrogen) atoms. The maximum absolute atomic E-state index is 4.83.